The maximum Gasteiger partial charge on any atom is 0.339 e. The zero-order valence-electron chi connectivity index (χ0n) is 16.0. The fraction of sp³-hybridized carbons (Fsp3) is 0.0909. The Morgan fingerprint density at radius 1 is 1.10 bits per heavy atom. The predicted octanol–water partition coefficient (Wildman–Crippen LogP) is 3.55. The van der Waals surface area contributed by atoms with Crippen LogP contribution in [0.3, 0.4) is 0 Å². The maximum absolute atomic E-state index is 13.1. The van der Waals surface area contributed by atoms with E-state index in [9.17, 15) is 14.4 Å². The molecule has 0 saturated carbocycles. The van der Waals surface area contributed by atoms with E-state index >= 15 is 0 Å². The lowest BCUT2D eigenvalue weighted by atomic mass is 10.1. The molecule has 0 aliphatic rings. The number of rotatable bonds is 5. The van der Waals surface area contributed by atoms with Crippen molar-refractivity contribution in [3.8, 4) is 11.1 Å². The van der Waals surface area contributed by atoms with E-state index in [1.165, 1.54) is 29.3 Å². The summed E-state index contributed by atoms with van der Waals surface area (Å²) in [5.74, 6) is -1.01. The summed E-state index contributed by atoms with van der Waals surface area (Å²) in [7, 11) is 1.27. The lowest BCUT2D eigenvalue weighted by Crippen LogP contribution is -2.28. The van der Waals surface area contributed by atoms with E-state index in [-0.39, 0.29) is 17.7 Å². The first kappa shape index (κ1) is 19.5. The number of anilines is 1. The summed E-state index contributed by atoms with van der Waals surface area (Å²) in [4.78, 5) is 42.5. The number of nitrogens with zero attached hydrogens (tertiary/aromatic N) is 2. The average molecular weight is 419 g/mol. The van der Waals surface area contributed by atoms with Gasteiger partial charge in [0.15, 0.2) is 0 Å². The zero-order valence-corrected chi connectivity index (χ0v) is 16.8. The van der Waals surface area contributed by atoms with Crippen LogP contribution in [0.2, 0.25) is 0 Å². The molecule has 7 nitrogen and oxygen atoms in total. The Balaban J connectivity index is 1.64. The van der Waals surface area contributed by atoms with Crippen molar-refractivity contribution < 1.29 is 14.3 Å². The Bertz CT molecular complexity index is 1290. The first-order valence-electron chi connectivity index (χ1n) is 9.07. The Morgan fingerprint density at radius 2 is 1.83 bits per heavy atom. The number of hydrogen-bond acceptors (Lipinski definition) is 6. The molecule has 1 N–H and O–H groups in total. The lowest BCUT2D eigenvalue weighted by Gasteiger charge is -2.10. The highest BCUT2D eigenvalue weighted by Gasteiger charge is 2.16. The van der Waals surface area contributed by atoms with Crippen molar-refractivity contribution >= 4 is 39.1 Å². The SMILES string of the molecule is COC(=O)c1ccccc1NC(=O)Cn1cnc2scc(-c3ccccc3)c2c1=O. The Morgan fingerprint density at radius 3 is 2.60 bits per heavy atom. The summed E-state index contributed by atoms with van der Waals surface area (Å²) in [6.45, 7) is -0.235. The van der Waals surface area contributed by atoms with Gasteiger partial charge in [0.05, 0.1) is 30.1 Å². The van der Waals surface area contributed by atoms with Crippen LogP contribution in [-0.4, -0.2) is 28.5 Å². The van der Waals surface area contributed by atoms with Gasteiger partial charge in [-0.15, -0.1) is 11.3 Å². The van der Waals surface area contributed by atoms with Gasteiger partial charge in [-0.05, 0) is 17.7 Å². The van der Waals surface area contributed by atoms with Crippen molar-refractivity contribution in [2.75, 3.05) is 12.4 Å². The number of esters is 1. The summed E-state index contributed by atoms with van der Waals surface area (Å²) in [5.41, 5.74) is 1.96. The molecule has 150 valence electrons. The molecule has 4 rings (SSSR count). The van der Waals surface area contributed by atoms with Crippen LogP contribution in [0.1, 0.15) is 10.4 Å². The Labute approximate surface area is 175 Å². The molecule has 0 aliphatic heterocycles. The average Bonchev–Trinajstić information content (AvgIpc) is 3.21. The molecule has 0 saturated heterocycles. The van der Waals surface area contributed by atoms with Crippen LogP contribution < -0.4 is 10.9 Å². The van der Waals surface area contributed by atoms with Crippen molar-refractivity contribution in [1.82, 2.24) is 9.55 Å². The number of ether oxygens (including phenoxy) is 1. The number of aromatic nitrogens is 2. The number of carbonyl (C=O) groups is 2. The predicted molar refractivity (Wildman–Crippen MR) is 116 cm³/mol. The van der Waals surface area contributed by atoms with E-state index < -0.39 is 11.9 Å². The van der Waals surface area contributed by atoms with Gasteiger partial charge < -0.3 is 10.1 Å². The molecule has 0 atom stereocenters. The number of hydrogen-bond donors (Lipinski definition) is 1. The Hall–Kier alpha value is -3.78. The summed E-state index contributed by atoms with van der Waals surface area (Å²) < 4.78 is 6.00. The van der Waals surface area contributed by atoms with Gasteiger partial charge in [0.25, 0.3) is 5.56 Å². The topological polar surface area (TPSA) is 90.3 Å². The molecule has 30 heavy (non-hydrogen) atoms. The number of amides is 1. The highest BCUT2D eigenvalue weighted by Crippen LogP contribution is 2.30. The van der Waals surface area contributed by atoms with E-state index in [1.54, 1.807) is 24.3 Å². The van der Waals surface area contributed by atoms with Gasteiger partial charge in [-0.2, -0.15) is 0 Å². The smallest absolute Gasteiger partial charge is 0.339 e. The standard InChI is InChI=1S/C22H17N3O4S/c1-29-22(28)15-9-5-6-10-17(15)24-18(26)11-25-13-23-20-19(21(25)27)16(12-30-20)14-7-3-2-4-8-14/h2-10,12-13H,11H2,1H3,(H,24,26). The van der Waals surface area contributed by atoms with Gasteiger partial charge in [-0.1, -0.05) is 42.5 Å². The summed E-state index contributed by atoms with van der Waals surface area (Å²) in [5, 5.41) is 5.04. The number of carbonyl (C=O) groups excluding carboxylic acids is 2. The van der Waals surface area contributed by atoms with Crippen LogP contribution in [-0.2, 0) is 16.1 Å². The third-order valence-electron chi connectivity index (χ3n) is 4.57. The molecule has 0 spiro atoms. The number of nitrogens with one attached hydrogen (secondary N) is 1. The highest BCUT2D eigenvalue weighted by molar-refractivity contribution is 7.17. The van der Waals surface area contributed by atoms with E-state index in [0.29, 0.717) is 15.9 Å². The van der Waals surface area contributed by atoms with E-state index in [0.717, 1.165) is 11.1 Å². The van der Waals surface area contributed by atoms with E-state index in [4.69, 9.17) is 4.74 Å². The maximum atomic E-state index is 13.1. The second kappa shape index (κ2) is 8.30. The zero-order chi connectivity index (χ0) is 21.1. The number of benzene rings is 2. The van der Waals surface area contributed by atoms with Crippen LogP contribution in [0.25, 0.3) is 21.3 Å². The van der Waals surface area contributed by atoms with Crippen LogP contribution >= 0.6 is 11.3 Å². The van der Waals surface area contributed by atoms with Crippen LogP contribution in [0.15, 0.2) is 71.1 Å². The number of fused-ring (bicyclic) bond motifs is 1. The number of methoxy groups -OCH3 is 1. The first-order chi connectivity index (χ1) is 14.6. The quantitative estimate of drug-likeness (QED) is 0.500. The molecule has 2 heterocycles. The molecule has 0 bridgehead atoms. The first-order valence-corrected chi connectivity index (χ1v) is 9.95. The monoisotopic (exact) mass is 419 g/mol. The fourth-order valence-electron chi connectivity index (χ4n) is 3.13. The molecule has 2 aromatic carbocycles. The number of thiophene rings is 1. The molecule has 0 unspecified atom stereocenters. The second-order valence-electron chi connectivity index (χ2n) is 6.46. The molecule has 0 fully saturated rings. The van der Waals surface area contributed by atoms with Crippen LogP contribution in [0, 0.1) is 0 Å². The van der Waals surface area contributed by atoms with Crippen LogP contribution in [0.4, 0.5) is 5.69 Å². The van der Waals surface area contributed by atoms with E-state index in [2.05, 4.69) is 10.3 Å². The molecule has 2 aromatic heterocycles. The van der Waals surface area contributed by atoms with Crippen molar-refractivity contribution in [3.05, 3.63) is 82.2 Å². The van der Waals surface area contributed by atoms with Gasteiger partial charge in [-0.25, -0.2) is 9.78 Å². The molecular weight excluding hydrogens is 402 g/mol. The minimum Gasteiger partial charge on any atom is -0.465 e. The minimum atomic E-state index is -0.558. The van der Waals surface area contributed by atoms with Crippen molar-refractivity contribution in [1.29, 1.82) is 0 Å². The number of para-hydroxylation sites is 1. The van der Waals surface area contributed by atoms with Gasteiger partial charge in [0, 0.05) is 10.9 Å². The van der Waals surface area contributed by atoms with Gasteiger partial charge in [0.2, 0.25) is 5.91 Å². The molecular formula is C22H17N3O4S. The van der Waals surface area contributed by atoms with Crippen molar-refractivity contribution in [3.63, 3.8) is 0 Å². The van der Waals surface area contributed by atoms with Crippen molar-refractivity contribution in [2.24, 2.45) is 0 Å². The highest BCUT2D eigenvalue weighted by atomic mass is 32.1. The van der Waals surface area contributed by atoms with Gasteiger partial charge in [-0.3, -0.25) is 14.2 Å². The molecule has 0 aliphatic carbocycles. The molecule has 4 aromatic rings. The van der Waals surface area contributed by atoms with Gasteiger partial charge in [0.1, 0.15) is 11.4 Å². The largest absolute Gasteiger partial charge is 0.465 e. The summed E-state index contributed by atoms with van der Waals surface area (Å²) in [6.07, 6.45) is 1.36. The van der Waals surface area contributed by atoms with E-state index in [1.807, 2.05) is 35.7 Å². The van der Waals surface area contributed by atoms with Crippen molar-refractivity contribution in [2.45, 2.75) is 6.54 Å². The van der Waals surface area contributed by atoms with Gasteiger partial charge >= 0.3 is 5.97 Å². The summed E-state index contributed by atoms with van der Waals surface area (Å²) >= 11 is 1.38. The normalized spacial score (nSPS) is 10.7. The lowest BCUT2D eigenvalue weighted by molar-refractivity contribution is -0.116. The molecule has 0 radical (unpaired) electrons. The van der Waals surface area contributed by atoms with Crippen LogP contribution in [0.5, 0.6) is 0 Å². The third-order valence-corrected chi connectivity index (χ3v) is 5.45. The molecule has 1 amide bonds. The second-order valence-corrected chi connectivity index (χ2v) is 7.32. The molecule has 8 heteroatoms. The fourth-order valence-corrected chi connectivity index (χ4v) is 4.04. The summed E-state index contributed by atoms with van der Waals surface area (Å²) in [6, 6.07) is 16.1. The minimum absolute atomic E-state index is 0.235. The third kappa shape index (κ3) is 3.72. The Kier molecular flexibility index (Phi) is 5.40.